The van der Waals surface area contributed by atoms with Gasteiger partial charge in [0, 0.05) is 34.1 Å². The molecule has 21 heavy (non-hydrogen) atoms. The molecule has 0 amide bonds. The number of carbonyl (C=O) groups excluding carboxylic acids is 1. The fourth-order valence-electron chi connectivity index (χ4n) is 2.80. The lowest BCUT2D eigenvalue weighted by Gasteiger charge is -2.27. The Morgan fingerprint density at radius 2 is 1.67 bits per heavy atom. The summed E-state index contributed by atoms with van der Waals surface area (Å²) in [5.74, 6) is 0.277. The van der Waals surface area contributed by atoms with E-state index in [1.807, 2.05) is 12.2 Å². The van der Waals surface area contributed by atoms with Crippen molar-refractivity contribution in [2.45, 2.75) is 19.3 Å². The van der Waals surface area contributed by atoms with Gasteiger partial charge in [0.1, 0.15) is 0 Å². The minimum atomic E-state index is 0. The first-order valence-electron chi connectivity index (χ1n) is 6.75. The first-order valence-corrected chi connectivity index (χ1v) is 6.75. The van der Waals surface area contributed by atoms with Gasteiger partial charge < -0.3 is 5.11 Å². The van der Waals surface area contributed by atoms with Gasteiger partial charge in [0.2, 0.25) is 0 Å². The molecule has 0 bridgehead atoms. The van der Waals surface area contributed by atoms with Gasteiger partial charge in [-0.25, -0.2) is 0 Å². The van der Waals surface area contributed by atoms with Gasteiger partial charge >= 0.3 is 0 Å². The van der Waals surface area contributed by atoms with Crippen molar-refractivity contribution in [1.82, 2.24) is 0 Å². The highest BCUT2D eigenvalue weighted by Crippen LogP contribution is 2.42. The maximum absolute atomic E-state index is 10.7. The summed E-state index contributed by atoms with van der Waals surface area (Å²) in [5.41, 5.74) is 1.43. The molecule has 0 aromatic heterocycles. The van der Waals surface area contributed by atoms with Crippen LogP contribution >= 0.6 is 0 Å². The molecular weight excluding hydrogens is 258 g/mol. The molecule has 4 rings (SSSR count). The topological polar surface area (TPSA) is 37.3 Å². The smallest absolute Gasteiger partial charge is 0.156 e. The van der Waals surface area contributed by atoms with Crippen LogP contribution in [0.1, 0.15) is 19.3 Å². The molecule has 6 radical (unpaired) electrons. The highest BCUT2D eigenvalue weighted by Gasteiger charge is 2.34. The Bertz CT molecular complexity index is 557. The molecule has 104 valence electrons. The summed E-state index contributed by atoms with van der Waals surface area (Å²) in [7, 11) is 0. The second-order valence-electron chi connectivity index (χ2n) is 5.75. The zero-order chi connectivity index (χ0) is 13.3. The van der Waals surface area contributed by atoms with E-state index >= 15 is 0 Å². The van der Waals surface area contributed by atoms with Gasteiger partial charge in [-0.1, -0.05) is 48.6 Å². The summed E-state index contributed by atoms with van der Waals surface area (Å²) in [4.78, 5) is 10.7. The molecule has 0 aromatic rings. The Labute approximate surface area is 130 Å². The number of aliphatic hydroxyl groups excluding tert-OH is 1. The standard InChI is InChI=1S/C9H10O.C8H8O.2B/c10-7-8-2-5-9(6-8)3-1-4-9;9-7-2-5-8(6-7)3-1-4-8;;/h1-3,5-6,10H,4,7H2;1-3,5H,4,6H2;;. The Kier molecular flexibility index (Phi) is 5.41. The lowest BCUT2D eigenvalue weighted by atomic mass is 9.76. The van der Waals surface area contributed by atoms with Gasteiger partial charge in [-0.15, -0.1) is 0 Å². The van der Waals surface area contributed by atoms with Crippen molar-refractivity contribution in [2.75, 3.05) is 6.61 Å². The zero-order valence-electron chi connectivity index (χ0n) is 12.0. The van der Waals surface area contributed by atoms with Crippen LogP contribution < -0.4 is 0 Å². The van der Waals surface area contributed by atoms with E-state index in [0.717, 1.165) is 18.4 Å². The Hall–Kier alpha value is -1.54. The first-order chi connectivity index (χ1) is 9.15. The number of aliphatic hydroxyl groups is 1. The average molecular weight is 276 g/mol. The lowest BCUT2D eigenvalue weighted by Crippen LogP contribution is -2.18. The number of carbonyl (C=O) groups is 1. The van der Waals surface area contributed by atoms with Gasteiger partial charge in [-0.05, 0) is 24.5 Å². The predicted molar refractivity (Wildman–Crippen MR) is 87.0 cm³/mol. The van der Waals surface area contributed by atoms with Gasteiger partial charge in [0.25, 0.3) is 0 Å². The zero-order valence-corrected chi connectivity index (χ0v) is 12.0. The van der Waals surface area contributed by atoms with E-state index in [0.29, 0.717) is 6.42 Å². The van der Waals surface area contributed by atoms with Crippen molar-refractivity contribution in [3.63, 3.8) is 0 Å². The average Bonchev–Trinajstić information content (AvgIpc) is 2.92. The molecule has 0 saturated carbocycles. The fraction of sp³-hybridized carbons (Fsp3) is 0.353. The summed E-state index contributed by atoms with van der Waals surface area (Å²) in [5, 5.41) is 8.77. The Balaban J connectivity index is 0.000000192. The molecule has 2 nitrogen and oxygen atoms in total. The third-order valence-electron chi connectivity index (χ3n) is 4.20. The van der Waals surface area contributed by atoms with Gasteiger partial charge in [-0.3, -0.25) is 4.79 Å². The second-order valence-corrected chi connectivity index (χ2v) is 5.75. The predicted octanol–water partition coefficient (Wildman–Crippen LogP) is 2.12. The summed E-state index contributed by atoms with van der Waals surface area (Å²) in [6.45, 7) is 0.173. The fourth-order valence-corrected chi connectivity index (χ4v) is 2.80. The molecule has 0 aromatic carbocycles. The van der Waals surface area contributed by atoms with E-state index in [1.54, 1.807) is 6.08 Å². The summed E-state index contributed by atoms with van der Waals surface area (Å²) in [6, 6.07) is 0. The third-order valence-corrected chi connectivity index (χ3v) is 4.20. The largest absolute Gasteiger partial charge is 0.392 e. The van der Waals surface area contributed by atoms with Crippen molar-refractivity contribution in [3.05, 3.63) is 60.3 Å². The van der Waals surface area contributed by atoms with Crippen LogP contribution in [0.3, 0.4) is 0 Å². The maximum Gasteiger partial charge on any atom is 0.156 e. The van der Waals surface area contributed by atoms with E-state index in [-0.39, 0.29) is 40.0 Å². The van der Waals surface area contributed by atoms with E-state index in [9.17, 15) is 4.79 Å². The summed E-state index contributed by atoms with van der Waals surface area (Å²) in [6.07, 6.45) is 21.4. The summed E-state index contributed by atoms with van der Waals surface area (Å²) < 4.78 is 0. The van der Waals surface area contributed by atoms with Crippen LogP contribution in [0.4, 0.5) is 0 Å². The highest BCUT2D eigenvalue weighted by atomic mass is 16.3. The van der Waals surface area contributed by atoms with Crippen LogP contribution in [-0.2, 0) is 4.79 Å². The van der Waals surface area contributed by atoms with Crippen molar-refractivity contribution >= 4 is 22.6 Å². The molecule has 0 aliphatic heterocycles. The highest BCUT2D eigenvalue weighted by molar-refractivity contribution is 5.93. The molecule has 4 heteroatoms. The van der Waals surface area contributed by atoms with Crippen LogP contribution in [-0.4, -0.2) is 34.3 Å². The van der Waals surface area contributed by atoms with Crippen LogP contribution in [0.5, 0.6) is 0 Å². The van der Waals surface area contributed by atoms with Crippen LogP contribution in [0, 0.1) is 10.8 Å². The van der Waals surface area contributed by atoms with Crippen molar-refractivity contribution < 1.29 is 9.90 Å². The number of hydrogen-bond donors (Lipinski definition) is 1. The van der Waals surface area contributed by atoms with Crippen molar-refractivity contribution in [2.24, 2.45) is 10.8 Å². The molecule has 2 unspecified atom stereocenters. The summed E-state index contributed by atoms with van der Waals surface area (Å²) >= 11 is 0. The first kappa shape index (κ1) is 17.5. The number of allylic oxidation sites excluding steroid dienone is 8. The van der Waals surface area contributed by atoms with Crippen LogP contribution in [0.2, 0.25) is 0 Å². The van der Waals surface area contributed by atoms with Crippen molar-refractivity contribution in [3.8, 4) is 0 Å². The number of hydrogen-bond acceptors (Lipinski definition) is 2. The normalized spacial score (nSPS) is 32.8. The van der Waals surface area contributed by atoms with Crippen molar-refractivity contribution in [1.29, 1.82) is 0 Å². The molecule has 4 aliphatic carbocycles. The minimum absolute atomic E-state index is 0. The SMILES string of the molecule is O=C1C=CC2(C=CC2)C1.OCC1=CC2(C=CC2)C=C1.[B].[B]. The number of rotatable bonds is 1. The molecule has 2 atom stereocenters. The van der Waals surface area contributed by atoms with Gasteiger partial charge in [-0.2, -0.15) is 0 Å². The van der Waals surface area contributed by atoms with Crippen LogP contribution in [0.15, 0.2) is 60.3 Å². The Morgan fingerprint density at radius 1 is 1.00 bits per heavy atom. The lowest BCUT2D eigenvalue weighted by molar-refractivity contribution is -0.115. The number of ketones is 1. The van der Waals surface area contributed by atoms with E-state index in [4.69, 9.17) is 5.11 Å². The molecule has 0 heterocycles. The van der Waals surface area contributed by atoms with E-state index in [1.165, 1.54) is 0 Å². The van der Waals surface area contributed by atoms with Crippen LogP contribution in [0.25, 0.3) is 0 Å². The molecule has 2 spiro atoms. The molecule has 1 N–H and O–H groups in total. The van der Waals surface area contributed by atoms with Gasteiger partial charge in [0.15, 0.2) is 5.78 Å². The molecule has 4 aliphatic rings. The second kappa shape index (κ2) is 6.48. The molecule has 0 saturated heterocycles. The van der Waals surface area contributed by atoms with E-state index in [2.05, 4.69) is 36.5 Å². The molecule has 0 fully saturated rings. The quantitative estimate of drug-likeness (QED) is 0.588. The minimum Gasteiger partial charge on any atom is -0.392 e. The third kappa shape index (κ3) is 3.38. The molecular formula is C17H18B2O2. The monoisotopic (exact) mass is 276 g/mol. The maximum atomic E-state index is 10.7. The Morgan fingerprint density at radius 3 is 1.90 bits per heavy atom. The van der Waals surface area contributed by atoms with Gasteiger partial charge in [0.05, 0.1) is 6.61 Å². The van der Waals surface area contributed by atoms with E-state index < -0.39 is 0 Å².